The van der Waals surface area contributed by atoms with Crippen LogP contribution in [-0.4, -0.2) is 14.0 Å². The van der Waals surface area contributed by atoms with Gasteiger partial charge in [0.2, 0.25) is 0 Å². The second-order valence-electron chi connectivity index (χ2n) is 4.66. The number of nitrogens with two attached hydrogens (primary N) is 1. The van der Waals surface area contributed by atoms with E-state index in [1.807, 2.05) is 41.9 Å². The molecule has 0 bridgehead atoms. The third-order valence-electron chi connectivity index (χ3n) is 3.23. The number of aromatic nitrogens is 3. The lowest BCUT2D eigenvalue weighted by Crippen LogP contribution is -2.18. The summed E-state index contributed by atoms with van der Waals surface area (Å²) in [6.45, 7) is 1.82. The predicted octanol–water partition coefficient (Wildman–Crippen LogP) is 1.59. The number of hydrogen-bond donors (Lipinski definition) is 1. The Morgan fingerprint density at radius 1 is 1.21 bits per heavy atom. The number of aryl methyl sites for hydroxylation is 2. The molecule has 2 N–H and O–H groups in total. The van der Waals surface area contributed by atoms with Gasteiger partial charge in [-0.1, -0.05) is 0 Å². The Bertz CT molecular complexity index is 803. The molecule has 0 aliphatic rings. The highest BCUT2D eigenvalue weighted by atomic mass is 16.1. The summed E-state index contributed by atoms with van der Waals surface area (Å²) in [6, 6.07) is 5.77. The Balaban J connectivity index is 2.24. The van der Waals surface area contributed by atoms with Crippen molar-refractivity contribution in [1.82, 2.24) is 14.0 Å². The second kappa shape index (κ2) is 3.98. The van der Waals surface area contributed by atoms with Crippen molar-refractivity contribution < 1.29 is 0 Å². The summed E-state index contributed by atoms with van der Waals surface area (Å²) in [5.74, 6) is 0.596. The predicted molar refractivity (Wildman–Crippen MR) is 75.0 cm³/mol. The molecule has 0 amide bonds. The van der Waals surface area contributed by atoms with Gasteiger partial charge in [0, 0.05) is 30.6 Å². The number of pyridine rings is 2. The molecule has 0 fully saturated rings. The molecule has 3 aromatic rings. The zero-order valence-electron chi connectivity index (χ0n) is 10.8. The van der Waals surface area contributed by atoms with Gasteiger partial charge >= 0.3 is 0 Å². The Morgan fingerprint density at radius 2 is 2.00 bits per heavy atom. The van der Waals surface area contributed by atoms with Crippen LogP contribution in [0.4, 0.5) is 5.82 Å². The third-order valence-corrected chi connectivity index (χ3v) is 3.23. The van der Waals surface area contributed by atoms with Gasteiger partial charge in [0.15, 0.2) is 0 Å². The first kappa shape index (κ1) is 11.5. The summed E-state index contributed by atoms with van der Waals surface area (Å²) < 4.78 is 3.42. The Labute approximate surface area is 109 Å². The average molecular weight is 254 g/mol. The second-order valence-corrected chi connectivity index (χ2v) is 4.66. The zero-order valence-corrected chi connectivity index (χ0v) is 10.8. The molecule has 0 unspecified atom stereocenters. The maximum Gasteiger partial charge on any atom is 0.253 e. The summed E-state index contributed by atoms with van der Waals surface area (Å²) >= 11 is 0. The van der Waals surface area contributed by atoms with Crippen molar-refractivity contribution in [1.29, 1.82) is 0 Å². The van der Waals surface area contributed by atoms with Crippen molar-refractivity contribution in [2.45, 2.75) is 6.92 Å². The van der Waals surface area contributed by atoms with Crippen LogP contribution in [0.1, 0.15) is 5.56 Å². The molecule has 5 heteroatoms. The minimum Gasteiger partial charge on any atom is -0.383 e. The lowest BCUT2D eigenvalue weighted by molar-refractivity contribution is 0.850. The van der Waals surface area contributed by atoms with Crippen LogP contribution in [0.25, 0.3) is 16.8 Å². The first-order chi connectivity index (χ1) is 9.06. The van der Waals surface area contributed by atoms with E-state index in [0.717, 1.165) is 22.3 Å². The molecule has 19 heavy (non-hydrogen) atoms. The van der Waals surface area contributed by atoms with Gasteiger partial charge in [-0.3, -0.25) is 9.20 Å². The fourth-order valence-corrected chi connectivity index (χ4v) is 2.21. The molecule has 0 aliphatic heterocycles. The van der Waals surface area contributed by atoms with E-state index in [1.54, 1.807) is 17.8 Å². The molecule has 0 atom stereocenters. The van der Waals surface area contributed by atoms with Crippen LogP contribution in [0, 0.1) is 6.92 Å². The molecule has 0 aliphatic carbocycles. The summed E-state index contributed by atoms with van der Waals surface area (Å²) in [5.41, 5.74) is 9.38. The number of hydrogen-bond acceptors (Lipinski definition) is 3. The number of imidazole rings is 1. The number of fused-ring (bicyclic) bond motifs is 1. The van der Waals surface area contributed by atoms with Crippen LogP contribution in [-0.2, 0) is 7.05 Å². The van der Waals surface area contributed by atoms with E-state index >= 15 is 0 Å². The first-order valence-corrected chi connectivity index (χ1v) is 5.96. The summed E-state index contributed by atoms with van der Waals surface area (Å²) in [4.78, 5) is 15.9. The van der Waals surface area contributed by atoms with Crippen LogP contribution in [0.5, 0.6) is 0 Å². The maximum atomic E-state index is 11.7. The SMILES string of the molecule is Cc1cc(-c2ccc3ncc(N)n3c2)cn(C)c1=O. The number of nitrogens with zero attached hydrogens (tertiary/aromatic N) is 3. The molecule has 0 saturated heterocycles. The van der Waals surface area contributed by atoms with Crippen molar-refractivity contribution >= 4 is 11.5 Å². The van der Waals surface area contributed by atoms with E-state index in [9.17, 15) is 4.79 Å². The van der Waals surface area contributed by atoms with E-state index in [0.29, 0.717) is 5.82 Å². The highest BCUT2D eigenvalue weighted by molar-refractivity contribution is 5.65. The van der Waals surface area contributed by atoms with Gasteiger partial charge in [-0.25, -0.2) is 4.98 Å². The van der Waals surface area contributed by atoms with Gasteiger partial charge in [-0.05, 0) is 30.7 Å². The molecular formula is C14H14N4O. The Kier molecular flexibility index (Phi) is 2.41. The standard InChI is InChI=1S/C14H14N4O/c1-9-5-11(7-17(2)14(9)19)10-3-4-13-16-6-12(15)18(13)8-10/h3-8H,15H2,1-2H3. The molecule has 0 spiro atoms. The Hall–Kier alpha value is -2.56. The monoisotopic (exact) mass is 254 g/mol. The molecule has 3 heterocycles. The van der Waals surface area contributed by atoms with Gasteiger partial charge in [0.1, 0.15) is 11.5 Å². The fraction of sp³-hybridized carbons (Fsp3) is 0.143. The lowest BCUT2D eigenvalue weighted by atomic mass is 10.1. The van der Waals surface area contributed by atoms with Gasteiger partial charge in [0.25, 0.3) is 5.56 Å². The van der Waals surface area contributed by atoms with E-state index in [4.69, 9.17) is 5.73 Å². The van der Waals surface area contributed by atoms with E-state index in [-0.39, 0.29) is 5.56 Å². The number of anilines is 1. The number of nitrogen functional groups attached to an aromatic ring is 1. The zero-order chi connectivity index (χ0) is 13.6. The summed E-state index contributed by atoms with van der Waals surface area (Å²) in [5, 5.41) is 0. The van der Waals surface area contributed by atoms with Crippen LogP contribution < -0.4 is 11.3 Å². The highest BCUT2D eigenvalue weighted by Gasteiger charge is 2.06. The first-order valence-electron chi connectivity index (χ1n) is 5.96. The molecule has 96 valence electrons. The van der Waals surface area contributed by atoms with E-state index in [2.05, 4.69) is 4.98 Å². The lowest BCUT2D eigenvalue weighted by Gasteiger charge is -2.07. The minimum absolute atomic E-state index is 0.0203. The van der Waals surface area contributed by atoms with Crippen molar-refractivity contribution in [3.8, 4) is 11.1 Å². The van der Waals surface area contributed by atoms with Crippen LogP contribution in [0.15, 0.2) is 41.6 Å². The van der Waals surface area contributed by atoms with Gasteiger partial charge in [0.05, 0.1) is 6.20 Å². The molecule has 3 aromatic heterocycles. The largest absolute Gasteiger partial charge is 0.383 e. The summed E-state index contributed by atoms with van der Waals surface area (Å²) in [7, 11) is 1.75. The molecular weight excluding hydrogens is 240 g/mol. The quantitative estimate of drug-likeness (QED) is 0.717. The molecule has 3 rings (SSSR count). The maximum absolute atomic E-state index is 11.7. The van der Waals surface area contributed by atoms with Crippen molar-refractivity contribution in [3.63, 3.8) is 0 Å². The topological polar surface area (TPSA) is 65.3 Å². The minimum atomic E-state index is 0.0203. The molecule has 5 nitrogen and oxygen atoms in total. The van der Waals surface area contributed by atoms with Gasteiger partial charge < -0.3 is 10.3 Å². The third kappa shape index (κ3) is 1.79. The van der Waals surface area contributed by atoms with Crippen LogP contribution >= 0.6 is 0 Å². The van der Waals surface area contributed by atoms with E-state index < -0.39 is 0 Å². The molecule has 0 aromatic carbocycles. The van der Waals surface area contributed by atoms with Crippen LogP contribution in [0.3, 0.4) is 0 Å². The van der Waals surface area contributed by atoms with Crippen molar-refractivity contribution in [3.05, 3.63) is 52.7 Å². The summed E-state index contributed by atoms with van der Waals surface area (Å²) in [6.07, 6.45) is 5.38. The fourth-order valence-electron chi connectivity index (χ4n) is 2.21. The van der Waals surface area contributed by atoms with E-state index in [1.165, 1.54) is 0 Å². The average Bonchev–Trinajstić information content (AvgIpc) is 2.77. The molecule has 0 saturated carbocycles. The number of rotatable bonds is 1. The van der Waals surface area contributed by atoms with Crippen LogP contribution in [0.2, 0.25) is 0 Å². The van der Waals surface area contributed by atoms with Gasteiger partial charge in [-0.2, -0.15) is 0 Å². The Morgan fingerprint density at radius 3 is 2.74 bits per heavy atom. The smallest absolute Gasteiger partial charge is 0.253 e. The van der Waals surface area contributed by atoms with Crippen molar-refractivity contribution in [2.24, 2.45) is 7.05 Å². The van der Waals surface area contributed by atoms with Crippen molar-refractivity contribution in [2.75, 3.05) is 5.73 Å². The normalized spacial score (nSPS) is 11.1. The van der Waals surface area contributed by atoms with Gasteiger partial charge in [-0.15, -0.1) is 0 Å². The highest BCUT2D eigenvalue weighted by Crippen LogP contribution is 2.21. The molecule has 0 radical (unpaired) electrons.